The number of aromatic hydroxyl groups is 1. The zero-order chi connectivity index (χ0) is 23.8. The van der Waals surface area contributed by atoms with E-state index in [1.165, 1.54) is 18.4 Å². The molecule has 2 heterocycles. The van der Waals surface area contributed by atoms with E-state index in [-0.39, 0.29) is 60.1 Å². The average molecular weight is 544 g/mol. The molecule has 3 fully saturated rings. The van der Waals surface area contributed by atoms with Gasteiger partial charge in [-0.1, -0.05) is 26.3 Å². The molecule has 2 aliphatic heterocycles. The lowest BCUT2D eigenvalue weighted by atomic mass is 9.48. The molecule has 0 aromatic heterocycles. The molecule has 0 unspecified atom stereocenters. The Morgan fingerprint density at radius 1 is 1.28 bits per heavy atom. The van der Waals surface area contributed by atoms with Crippen molar-refractivity contribution in [3.63, 3.8) is 0 Å². The van der Waals surface area contributed by atoms with Crippen LogP contribution in [0.5, 0.6) is 11.5 Å². The van der Waals surface area contributed by atoms with Gasteiger partial charge < -0.3 is 19.7 Å². The number of aliphatic carboxylic acids is 1. The van der Waals surface area contributed by atoms with Crippen molar-refractivity contribution in [2.75, 3.05) is 20.2 Å². The largest absolute Gasteiger partial charge is 0.504 e. The Labute approximate surface area is 226 Å². The molecule has 0 radical (unpaired) electrons. The second-order valence-electron chi connectivity index (χ2n) is 11.5. The first-order chi connectivity index (χ1) is 16.4. The third kappa shape index (κ3) is 3.68. The molecular weight excluding hydrogens is 503 g/mol. The van der Waals surface area contributed by atoms with Gasteiger partial charge in [-0.05, 0) is 68.5 Å². The summed E-state index contributed by atoms with van der Waals surface area (Å²) in [6, 6.07) is 3.37. The van der Waals surface area contributed by atoms with Crippen LogP contribution in [-0.4, -0.2) is 71.1 Å². The molecule has 6 rings (SSSR count). The van der Waals surface area contributed by atoms with Gasteiger partial charge in [0.15, 0.2) is 11.5 Å². The van der Waals surface area contributed by atoms with E-state index in [1.54, 1.807) is 6.07 Å². The molecular formula is C27H40Cl2N2O5. The number of likely N-dealkylation sites (tertiary alicyclic amines) is 1. The molecule has 7 atom stereocenters. The second kappa shape index (κ2) is 9.81. The maximum absolute atomic E-state index is 12.2. The van der Waals surface area contributed by atoms with Gasteiger partial charge in [-0.25, -0.2) is 0 Å². The highest BCUT2D eigenvalue weighted by Crippen LogP contribution is 2.66. The molecule has 7 nitrogen and oxygen atoms in total. The van der Waals surface area contributed by atoms with E-state index in [1.807, 2.05) is 21.0 Å². The lowest BCUT2D eigenvalue weighted by Gasteiger charge is -2.66. The van der Waals surface area contributed by atoms with Crippen molar-refractivity contribution in [2.24, 2.45) is 11.8 Å². The van der Waals surface area contributed by atoms with Crippen molar-refractivity contribution in [1.29, 1.82) is 0 Å². The molecule has 3 N–H and O–H groups in total. The normalized spacial score (nSPS) is 35.5. The standard InChI is InChI=1S/C27H38N2O5.2ClH/c1-4-15(2)22(25(31)32)28-18-9-10-27(33-3)20-13-17-7-8-19(30)23-21(17)26(27,24(18)34-23)11-12-29(20)14-16-5-6-16;;/h7-8,15-16,18,20,22,24,28,30H,4-6,9-14H2,1-3H3,(H,31,32);2*1H/t15-,18+,20+,22-,24-,26-,27+;;/m0../s1. The van der Waals surface area contributed by atoms with Gasteiger partial charge in [0.05, 0.1) is 11.0 Å². The summed E-state index contributed by atoms with van der Waals surface area (Å²) < 4.78 is 13.3. The van der Waals surface area contributed by atoms with Gasteiger partial charge in [0, 0.05) is 31.3 Å². The van der Waals surface area contributed by atoms with E-state index < -0.39 is 17.6 Å². The van der Waals surface area contributed by atoms with E-state index in [4.69, 9.17) is 9.47 Å². The number of carboxylic acid groups (broad SMARTS) is 1. The number of phenolic OH excluding ortho intramolecular Hbond substituents is 1. The van der Waals surface area contributed by atoms with Crippen molar-refractivity contribution < 1.29 is 24.5 Å². The number of rotatable bonds is 8. The molecule has 9 heteroatoms. The molecule has 202 valence electrons. The number of halogens is 2. The van der Waals surface area contributed by atoms with Crippen LogP contribution in [0, 0.1) is 11.8 Å². The smallest absolute Gasteiger partial charge is 0.320 e. The van der Waals surface area contributed by atoms with Crippen molar-refractivity contribution >= 4 is 30.8 Å². The van der Waals surface area contributed by atoms with Crippen LogP contribution in [0.4, 0.5) is 0 Å². The second-order valence-corrected chi connectivity index (χ2v) is 11.5. The number of hydrogen-bond donors (Lipinski definition) is 3. The van der Waals surface area contributed by atoms with Gasteiger partial charge >= 0.3 is 5.97 Å². The average Bonchev–Trinajstić information content (AvgIpc) is 3.57. The summed E-state index contributed by atoms with van der Waals surface area (Å²) in [6.07, 6.45) is 6.63. The zero-order valence-electron chi connectivity index (χ0n) is 21.4. The summed E-state index contributed by atoms with van der Waals surface area (Å²) >= 11 is 0. The van der Waals surface area contributed by atoms with Crippen molar-refractivity contribution in [3.05, 3.63) is 23.3 Å². The minimum atomic E-state index is -0.810. The molecule has 1 aromatic rings. The monoisotopic (exact) mass is 542 g/mol. The van der Waals surface area contributed by atoms with Crippen LogP contribution in [0.15, 0.2) is 12.1 Å². The molecule has 2 bridgehead atoms. The number of nitrogens with zero attached hydrogens (tertiary/aromatic N) is 1. The third-order valence-electron chi connectivity index (χ3n) is 9.96. The Balaban J connectivity index is 0.00000152. The Kier molecular flexibility index (Phi) is 7.57. The quantitative estimate of drug-likeness (QED) is 0.458. The van der Waals surface area contributed by atoms with Crippen molar-refractivity contribution in [2.45, 2.75) is 94.0 Å². The zero-order valence-corrected chi connectivity index (χ0v) is 23.0. The predicted molar refractivity (Wildman–Crippen MR) is 142 cm³/mol. The summed E-state index contributed by atoms with van der Waals surface area (Å²) in [5.74, 6) is 0.788. The summed E-state index contributed by atoms with van der Waals surface area (Å²) in [5, 5.41) is 24.3. The first-order valence-electron chi connectivity index (χ1n) is 13.2. The maximum Gasteiger partial charge on any atom is 0.320 e. The lowest BCUT2D eigenvalue weighted by Crippen LogP contribution is -2.79. The van der Waals surface area contributed by atoms with Gasteiger partial charge in [0.2, 0.25) is 0 Å². The summed E-state index contributed by atoms with van der Waals surface area (Å²) in [7, 11) is 1.85. The first kappa shape index (κ1) is 27.8. The predicted octanol–water partition coefficient (Wildman–Crippen LogP) is 3.91. The highest BCUT2D eigenvalue weighted by molar-refractivity contribution is 5.85. The fourth-order valence-corrected chi connectivity index (χ4v) is 7.99. The molecule has 36 heavy (non-hydrogen) atoms. The van der Waals surface area contributed by atoms with Crippen LogP contribution in [0.25, 0.3) is 0 Å². The molecule has 5 aliphatic rings. The Morgan fingerprint density at radius 3 is 2.67 bits per heavy atom. The number of carbonyl (C=O) groups is 1. The summed E-state index contributed by atoms with van der Waals surface area (Å²) in [5.41, 5.74) is 1.60. The van der Waals surface area contributed by atoms with Crippen LogP contribution >= 0.6 is 24.8 Å². The topological polar surface area (TPSA) is 91.3 Å². The molecule has 1 aromatic carbocycles. The summed E-state index contributed by atoms with van der Waals surface area (Å²) in [6.45, 7) is 6.15. The molecule has 2 saturated carbocycles. The van der Waals surface area contributed by atoms with Gasteiger partial charge in [-0.3, -0.25) is 15.0 Å². The third-order valence-corrected chi connectivity index (χ3v) is 9.96. The van der Waals surface area contributed by atoms with E-state index in [9.17, 15) is 15.0 Å². The van der Waals surface area contributed by atoms with Gasteiger partial charge in [-0.2, -0.15) is 0 Å². The Hall–Kier alpha value is -1.25. The molecule has 0 amide bonds. The lowest BCUT2D eigenvalue weighted by molar-refractivity contribution is -0.208. The fraction of sp³-hybridized carbons (Fsp3) is 0.741. The van der Waals surface area contributed by atoms with E-state index in [0.29, 0.717) is 5.75 Å². The molecule has 3 aliphatic carbocycles. The van der Waals surface area contributed by atoms with Crippen LogP contribution in [0.3, 0.4) is 0 Å². The SMILES string of the molecule is CC[C@H](C)[C@H](N[C@@H]1CC[C@@]2(OC)[C@H]3Cc4ccc(O)c5c4[C@@]2(CCN3CC2CC2)[C@H]1O5)C(=O)O.Cl.Cl. The number of piperidine rings is 1. The molecule has 1 saturated heterocycles. The fourth-order valence-electron chi connectivity index (χ4n) is 7.99. The first-order valence-corrected chi connectivity index (χ1v) is 13.2. The van der Waals surface area contributed by atoms with E-state index in [0.717, 1.165) is 56.7 Å². The van der Waals surface area contributed by atoms with Crippen molar-refractivity contribution in [3.8, 4) is 11.5 Å². The van der Waals surface area contributed by atoms with Crippen LogP contribution in [-0.2, 0) is 21.4 Å². The Bertz CT molecular complexity index is 1010. The number of benzene rings is 1. The highest BCUT2D eigenvalue weighted by Gasteiger charge is 2.74. The number of carboxylic acids is 1. The minimum absolute atomic E-state index is 0. The minimum Gasteiger partial charge on any atom is -0.504 e. The number of methoxy groups -OCH3 is 1. The van der Waals surface area contributed by atoms with E-state index >= 15 is 0 Å². The number of hydrogen-bond acceptors (Lipinski definition) is 6. The molecule has 1 spiro atoms. The number of ether oxygens (including phenoxy) is 2. The number of phenols is 1. The van der Waals surface area contributed by atoms with Crippen LogP contribution in [0.2, 0.25) is 0 Å². The Morgan fingerprint density at radius 2 is 2.03 bits per heavy atom. The van der Waals surface area contributed by atoms with Gasteiger partial charge in [-0.15, -0.1) is 24.8 Å². The van der Waals surface area contributed by atoms with E-state index in [2.05, 4.69) is 16.3 Å². The van der Waals surface area contributed by atoms with Gasteiger partial charge in [0.1, 0.15) is 12.1 Å². The summed E-state index contributed by atoms with van der Waals surface area (Å²) in [4.78, 5) is 14.8. The van der Waals surface area contributed by atoms with Crippen LogP contribution in [0.1, 0.15) is 63.5 Å². The van der Waals surface area contributed by atoms with Gasteiger partial charge in [0.25, 0.3) is 0 Å². The van der Waals surface area contributed by atoms with Crippen molar-refractivity contribution in [1.82, 2.24) is 10.2 Å². The number of nitrogens with one attached hydrogen (secondary N) is 1. The van der Waals surface area contributed by atoms with Crippen LogP contribution < -0.4 is 10.1 Å². The maximum atomic E-state index is 12.2. The highest BCUT2D eigenvalue weighted by atomic mass is 35.5.